The van der Waals surface area contributed by atoms with Gasteiger partial charge in [0.1, 0.15) is 0 Å². The third-order valence-electron chi connectivity index (χ3n) is 5.47. The summed E-state index contributed by atoms with van der Waals surface area (Å²) in [6.07, 6.45) is 4.48. The van der Waals surface area contributed by atoms with Crippen LogP contribution in [0.4, 0.5) is 0 Å². The van der Waals surface area contributed by atoms with Crippen molar-refractivity contribution in [1.82, 2.24) is 20.7 Å². The number of fused-ring (bicyclic) bond motifs is 2. The van der Waals surface area contributed by atoms with Crippen molar-refractivity contribution >= 4 is 16.8 Å². The average Bonchev–Trinajstić information content (AvgIpc) is 2.93. The van der Waals surface area contributed by atoms with Gasteiger partial charge in [0.05, 0.1) is 0 Å². The molecule has 1 amide bonds. The molecular weight excluding hydrogens is 288 g/mol. The third kappa shape index (κ3) is 2.54. The molecule has 1 aromatic carbocycles. The smallest absolute Gasteiger partial charge is 0.230 e. The predicted molar refractivity (Wildman–Crippen MR) is 91.1 cm³/mol. The summed E-state index contributed by atoms with van der Waals surface area (Å²) in [5.41, 5.74) is 9.99. The standard InChI is InChI=1S/C18H24N4O/c1-11(23)21-20-8-12-6-15-14-4-3-5-16-18(14)13(9-19-16)7-17(15)22(2)10-12/h3-5,9,12,15,17,19-20H,6-8,10H2,1-2H3,(H,21,23)/t12?,15-,17-/m1/s1. The van der Waals surface area contributed by atoms with E-state index in [1.165, 1.54) is 35.4 Å². The number of likely N-dealkylation sites (tertiary alicyclic amines) is 1. The minimum atomic E-state index is -0.0357. The van der Waals surface area contributed by atoms with E-state index in [0.29, 0.717) is 17.9 Å². The summed E-state index contributed by atoms with van der Waals surface area (Å²) in [7, 11) is 2.24. The molecule has 2 heterocycles. The number of piperidine rings is 1. The molecule has 2 aromatic rings. The lowest BCUT2D eigenvalue weighted by Gasteiger charge is -2.45. The van der Waals surface area contributed by atoms with Crippen molar-refractivity contribution in [1.29, 1.82) is 0 Å². The van der Waals surface area contributed by atoms with Crippen LogP contribution in [0.5, 0.6) is 0 Å². The molecular formula is C18H24N4O. The number of aromatic nitrogens is 1. The van der Waals surface area contributed by atoms with Crippen LogP contribution in [0.25, 0.3) is 10.9 Å². The van der Waals surface area contributed by atoms with E-state index < -0.39 is 0 Å². The first-order valence-electron chi connectivity index (χ1n) is 8.42. The van der Waals surface area contributed by atoms with Gasteiger partial charge in [0.2, 0.25) is 5.91 Å². The number of carbonyl (C=O) groups excluding carboxylic acids is 1. The number of hydrogen-bond acceptors (Lipinski definition) is 3. The second-order valence-electron chi connectivity index (χ2n) is 7.07. The van der Waals surface area contributed by atoms with E-state index in [-0.39, 0.29) is 5.91 Å². The number of hydrazine groups is 1. The van der Waals surface area contributed by atoms with E-state index in [9.17, 15) is 4.79 Å². The minimum Gasteiger partial charge on any atom is -0.361 e. The number of carbonyl (C=O) groups is 1. The monoisotopic (exact) mass is 312 g/mol. The van der Waals surface area contributed by atoms with Gasteiger partial charge in [-0.05, 0) is 43.0 Å². The Morgan fingerprint density at radius 2 is 2.30 bits per heavy atom. The molecule has 1 aliphatic carbocycles. The summed E-state index contributed by atoms with van der Waals surface area (Å²) in [6.45, 7) is 3.43. The molecule has 5 heteroatoms. The minimum absolute atomic E-state index is 0.0357. The van der Waals surface area contributed by atoms with E-state index in [0.717, 1.165) is 19.5 Å². The van der Waals surface area contributed by atoms with Crippen molar-refractivity contribution in [3.8, 4) is 0 Å². The maximum absolute atomic E-state index is 11.0. The van der Waals surface area contributed by atoms with E-state index in [2.05, 4.69) is 52.2 Å². The van der Waals surface area contributed by atoms with Crippen LogP contribution in [0, 0.1) is 5.92 Å². The Kier molecular flexibility index (Phi) is 3.62. The molecule has 0 saturated carbocycles. The first kappa shape index (κ1) is 14.7. The molecule has 4 rings (SSSR count). The van der Waals surface area contributed by atoms with Gasteiger partial charge >= 0.3 is 0 Å². The van der Waals surface area contributed by atoms with Gasteiger partial charge in [0.15, 0.2) is 0 Å². The Bertz CT molecular complexity index is 738. The molecule has 0 spiro atoms. The fourth-order valence-corrected chi connectivity index (χ4v) is 4.52. The van der Waals surface area contributed by atoms with Gasteiger partial charge in [0, 0.05) is 49.1 Å². The summed E-state index contributed by atoms with van der Waals surface area (Å²) in [5.74, 6) is 1.08. The van der Waals surface area contributed by atoms with Crippen molar-refractivity contribution in [2.45, 2.75) is 31.7 Å². The average molecular weight is 312 g/mol. The molecule has 3 atom stereocenters. The lowest BCUT2D eigenvalue weighted by Crippen LogP contribution is -2.51. The first-order chi connectivity index (χ1) is 11.1. The number of aromatic amines is 1. The molecule has 5 nitrogen and oxygen atoms in total. The highest BCUT2D eigenvalue weighted by Gasteiger charge is 2.39. The number of nitrogens with zero attached hydrogens (tertiary/aromatic N) is 1. The normalized spacial score (nSPS) is 27.0. The van der Waals surface area contributed by atoms with E-state index in [4.69, 9.17) is 0 Å². The van der Waals surface area contributed by atoms with Crippen molar-refractivity contribution < 1.29 is 4.79 Å². The van der Waals surface area contributed by atoms with E-state index in [1.54, 1.807) is 0 Å². The number of benzene rings is 1. The van der Waals surface area contributed by atoms with Gasteiger partial charge in [0.25, 0.3) is 0 Å². The lowest BCUT2D eigenvalue weighted by atomic mass is 9.72. The lowest BCUT2D eigenvalue weighted by molar-refractivity contribution is -0.120. The summed E-state index contributed by atoms with van der Waals surface area (Å²) in [5, 5.41) is 1.44. The number of amides is 1. The Morgan fingerprint density at radius 1 is 1.43 bits per heavy atom. The maximum Gasteiger partial charge on any atom is 0.230 e. The quantitative estimate of drug-likeness (QED) is 0.757. The van der Waals surface area contributed by atoms with Crippen molar-refractivity contribution in [2.75, 3.05) is 20.1 Å². The fourth-order valence-electron chi connectivity index (χ4n) is 4.52. The SMILES string of the molecule is CC(=O)NNCC1C[C@@H]2c3cccc4[nH]cc(c34)C[C@H]2N(C)C1. The molecule has 1 aliphatic heterocycles. The highest BCUT2D eigenvalue weighted by Crippen LogP contribution is 2.44. The van der Waals surface area contributed by atoms with Crippen molar-refractivity contribution in [2.24, 2.45) is 5.92 Å². The molecule has 2 aliphatic rings. The van der Waals surface area contributed by atoms with Crippen molar-refractivity contribution in [3.05, 3.63) is 35.5 Å². The highest BCUT2D eigenvalue weighted by molar-refractivity contribution is 5.88. The molecule has 1 fully saturated rings. The van der Waals surface area contributed by atoms with Crippen LogP contribution >= 0.6 is 0 Å². The Hall–Kier alpha value is -1.85. The summed E-state index contributed by atoms with van der Waals surface area (Å²) >= 11 is 0. The van der Waals surface area contributed by atoms with Gasteiger partial charge in [-0.1, -0.05) is 12.1 Å². The maximum atomic E-state index is 11.0. The Balaban J connectivity index is 1.59. The highest BCUT2D eigenvalue weighted by atomic mass is 16.2. The zero-order valence-electron chi connectivity index (χ0n) is 13.7. The Morgan fingerprint density at radius 3 is 3.13 bits per heavy atom. The van der Waals surface area contributed by atoms with Gasteiger partial charge < -0.3 is 9.88 Å². The fraction of sp³-hybridized carbons (Fsp3) is 0.500. The van der Waals surface area contributed by atoms with E-state index >= 15 is 0 Å². The molecule has 1 aromatic heterocycles. The summed E-state index contributed by atoms with van der Waals surface area (Å²) in [6, 6.07) is 7.22. The third-order valence-corrected chi connectivity index (χ3v) is 5.47. The van der Waals surface area contributed by atoms with Gasteiger partial charge in [-0.2, -0.15) is 0 Å². The van der Waals surface area contributed by atoms with Crippen LogP contribution < -0.4 is 10.9 Å². The molecule has 23 heavy (non-hydrogen) atoms. The predicted octanol–water partition coefficient (Wildman–Crippen LogP) is 1.77. The second kappa shape index (κ2) is 5.65. The number of hydrogen-bond donors (Lipinski definition) is 3. The van der Waals surface area contributed by atoms with E-state index in [1.807, 2.05) is 0 Å². The molecule has 0 radical (unpaired) electrons. The van der Waals surface area contributed by atoms with Crippen LogP contribution in [-0.2, 0) is 11.2 Å². The van der Waals surface area contributed by atoms with Gasteiger partial charge in [-0.25, -0.2) is 5.43 Å². The molecule has 3 N–H and O–H groups in total. The molecule has 122 valence electrons. The topological polar surface area (TPSA) is 60.2 Å². The first-order valence-corrected chi connectivity index (χ1v) is 8.42. The van der Waals surface area contributed by atoms with Crippen LogP contribution in [0.15, 0.2) is 24.4 Å². The van der Waals surface area contributed by atoms with Gasteiger partial charge in [-0.3, -0.25) is 10.2 Å². The summed E-state index contributed by atoms with van der Waals surface area (Å²) in [4.78, 5) is 17.0. The zero-order chi connectivity index (χ0) is 16.0. The van der Waals surface area contributed by atoms with Crippen LogP contribution in [0.1, 0.15) is 30.4 Å². The van der Waals surface area contributed by atoms with Crippen LogP contribution in [0.3, 0.4) is 0 Å². The molecule has 1 unspecified atom stereocenters. The second-order valence-corrected chi connectivity index (χ2v) is 7.07. The summed E-state index contributed by atoms with van der Waals surface area (Å²) < 4.78 is 0. The zero-order valence-corrected chi connectivity index (χ0v) is 13.7. The van der Waals surface area contributed by atoms with Gasteiger partial charge in [-0.15, -0.1) is 0 Å². The molecule has 0 bridgehead atoms. The van der Waals surface area contributed by atoms with Crippen LogP contribution in [0.2, 0.25) is 0 Å². The molecule has 1 saturated heterocycles. The number of H-pyrrole nitrogens is 1. The van der Waals surface area contributed by atoms with Crippen LogP contribution in [-0.4, -0.2) is 42.0 Å². The number of nitrogens with one attached hydrogen (secondary N) is 3. The number of likely N-dealkylation sites (N-methyl/N-ethyl adjacent to an activating group) is 1. The Labute approximate surface area is 136 Å². The largest absolute Gasteiger partial charge is 0.361 e. The van der Waals surface area contributed by atoms with Crippen molar-refractivity contribution in [3.63, 3.8) is 0 Å². The number of rotatable bonds is 3.